The van der Waals surface area contributed by atoms with Gasteiger partial charge >= 0.3 is 0 Å². The maximum atomic E-state index is 6.60. The fraction of sp³-hybridized carbons (Fsp3) is 0.538. The first-order valence-corrected chi connectivity index (χ1v) is 22.2. The minimum atomic E-state index is -0.0542. The average Bonchev–Trinajstić information content (AvgIpc) is 3.09. The summed E-state index contributed by atoms with van der Waals surface area (Å²) in [5.74, 6) is 6.25. The third-order valence-corrected chi connectivity index (χ3v) is 9.40. The van der Waals surface area contributed by atoms with Crippen molar-refractivity contribution in [2.75, 3.05) is 0 Å². The monoisotopic (exact) mass is 825 g/mol. The SMILES string of the molecule is CC(C)Oc1cc(OC(C)C)c2cc1Cc1cc(c(OC(C)C)cc1OC(C)C)Cc1cc(c(OC(C)C)cc1OC(C)C)Cc1cc(c(OC(C)C)cc1OC(C)C)C2. The van der Waals surface area contributed by atoms with Crippen LogP contribution in [0.3, 0.4) is 0 Å². The fourth-order valence-electron chi connectivity index (χ4n) is 7.46. The molecule has 0 aromatic heterocycles. The minimum Gasteiger partial charge on any atom is -0.491 e. The Labute approximate surface area is 361 Å². The second kappa shape index (κ2) is 20.2. The van der Waals surface area contributed by atoms with Crippen LogP contribution in [0.5, 0.6) is 46.0 Å². The van der Waals surface area contributed by atoms with Gasteiger partial charge in [0.25, 0.3) is 0 Å². The number of benzene rings is 4. The van der Waals surface area contributed by atoms with Gasteiger partial charge < -0.3 is 37.9 Å². The summed E-state index contributed by atoms with van der Waals surface area (Å²) < 4.78 is 52.8. The van der Waals surface area contributed by atoms with Gasteiger partial charge in [0.05, 0.1) is 48.8 Å². The van der Waals surface area contributed by atoms with Crippen LogP contribution in [0.1, 0.15) is 155 Å². The molecule has 0 unspecified atom stereocenters. The number of fused-ring (bicyclic) bond motifs is 8. The molecule has 60 heavy (non-hydrogen) atoms. The summed E-state index contributed by atoms with van der Waals surface area (Å²) in [6.45, 7) is 32.9. The summed E-state index contributed by atoms with van der Waals surface area (Å²) in [4.78, 5) is 0. The largest absolute Gasteiger partial charge is 0.491 e. The molecular weight excluding hydrogens is 753 g/mol. The van der Waals surface area contributed by atoms with Gasteiger partial charge in [-0.15, -0.1) is 0 Å². The topological polar surface area (TPSA) is 73.8 Å². The van der Waals surface area contributed by atoms with Crippen molar-refractivity contribution in [3.05, 3.63) is 93.0 Å². The van der Waals surface area contributed by atoms with Gasteiger partial charge in [0, 0.05) is 49.9 Å². The zero-order valence-electron chi connectivity index (χ0n) is 39.3. The molecule has 0 radical (unpaired) electrons. The van der Waals surface area contributed by atoms with E-state index >= 15 is 0 Å². The standard InChI is InChI=1S/C52H72O8/c1-29(2)53-45-25-46(54-30(3)4)38-17-37(45)21-39-18-40(48(56-32(7)8)26-47(39)55-31(5)6)23-43-20-44(52(60-36(15)16)28-51(43)59-35(13)14)24-42-19-41(22-38)49(57-33(9)10)27-50(42)58-34(11)12/h17-20,25-36H,21-24H2,1-16H3. The Morgan fingerprint density at radius 3 is 0.433 bits per heavy atom. The van der Waals surface area contributed by atoms with Crippen molar-refractivity contribution < 1.29 is 37.9 Å². The minimum absolute atomic E-state index is 0.0542. The first kappa shape index (κ1) is 46.3. The second-order valence-corrected chi connectivity index (χ2v) is 18.3. The summed E-state index contributed by atoms with van der Waals surface area (Å²) in [5, 5.41) is 0. The molecule has 4 aromatic rings. The van der Waals surface area contributed by atoms with Gasteiger partial charge in [0.1, 0.15) is 46.0 Å². The smallest absolute Gasteiger partial charge is 0.126 e. The van der Waals surface area contributed by atoms with Gasteiger partial charge in [-0.05, 0) is 180 Å². The summed E-state index contributed by atoms with van der Waals surface area (Å²) in [7, 11) is 0. The third kappa shape index (κ3) is 12.7. The fourth-order valence-corrected chi connectivity index (χ4v) is 7.46. The summed E-state index contributed by atoms with van der Waals surface area (Å²) >= 11 is 0. The molecule has 1 aliphatic rings. The molecule has 8 bridgehead atoms. The highest BCUT2D eigenvalue weighted by Gasteiger charge is 2.25. The zero-order valence-corrected chi connectivity index (χ0v) is 39.3. The Balaban J connectivity index is 1.92. The van der Waals surface area contributed by atoms with Crippen molar-refractivity contribution in [2.45, 2.75) is 185 Å². The molecule has 0 saturated heterocycles. The van der Waals surface area contributed by atoms with E-state index in [0.717, 1.165) is 90.5 Å². The first-order chi connectivity index (χ1) is 28.2. The van der Waals surface area contributed by atoms with Crippen molar-refractivity contribution in [3.63, 3.8) is 0 Å². The highest BCUT2D eigenvalue weighted by atomic mass is 16.5. The van der Waals surface area contributed by atoms with Gasteiger partial charge in [-0.1, -0.05) is 0 Å². The Morgan fingerprint density at radius 1 is 0.217 bits per heavy atom. The third-order valence-electron chi connectivity index (χ3n) is 9.40. The van der Waals surface area contributed by atoms with Crippen molar-refractivity contribution >= 4 is 0 Å². The second-order valence-electron chi connectivity index (χ2n) is 18.3. The Kier molecular flexibility index (Phi) is 15.6. The normalized spacial score (nSPS) is 12.9. The number of rotatable bonds is 16. The highest BCUT2D eigenvalue weighted by molar-refractivity contribution is 5.59. The first-order valence-electron chi connectivity index (χ1n) is 22.2. The molecule has 8 heteroatoms. The maximum absolute atomic E-state index is 6.60. The number of hydrogen-bond acceptors (Lipinski definition) is 8. The lowest BCUT2D eigenvalue weighted by molar-refractivity contribution is 0.224. The van der Waals surface area contributed by atoms with Crippen molar-refractivity contribution in [1.29, 1.82) is 0 Å². The number of hydrogen-bond donors (Lipinski definition) is 0. The lowest BCUT2D eigenvalue weighted by Gasteiger charge is -2.25. The molecule has 0 spiro atoms. The van der Waals surface area contributed by atoms with E-state index in [9.17, 15) is 0 Å². The van der Waals surface area contributed by atoms with Gasteiger partial charge in [0.15, 0.2) is 0 Å². The number of ether oxygens (including phenoxy) is 8. The van der Waals surface area contributed by atoms with Crippen LogP contribution in [0.15, 0.2) is 48.5 Å². The molecule has 328 valence electrons. The van der Waals surface area contributed by atoms with Crippen LogP contribution in [-0.2, 0) is 25.7 Å². The van der Waals surface area contributed by atoms with E-state index in [-0.39, 0.29) is 48.8 Å². The highest BCUT2D eigenvalue weighted by Crippen LogP contribution is 2.43. The molecule has 8 nitrogen and oxygen atoms in total. The Bertz CT molecular complexity index is 1640. The van der Waals surface area contributed by atoms with Crippen LogP contribution in [0.4, 0.5) is 0 Å². The predicted octanol–water partition coefficient (Wildman–Crippen LogP) is 12.7. The summed E-state index contributed by atoms with van der Waals surface area (Å²) in [6, 6.07) is 17.3. The van der Waals surface area contributed by atoms with Crippen LogP contribution < -0.4 is 37.9 Å². The quantitative estimate of drug-likeness (QED) is 0.0974. The van der Waals surface area contributed by atoms with Crippen molar-refractivity contribution in [2.24, 2.45) is 0 Å². The molecule has 0 saturated carbocycles. The van der Waals surface area contributed by atoms with E-state index in [1.165, 1.54) is 0 Å². The summed E-state index contributed by atoms with van der Waals surface area (Å²) in [5.41, 5.74) is 8.27. The predicted molar refractivity (Wildman–Crippen MR) is 243 cm³/mol. The lowest BCUT2D eigenvalue weighted by Crippen LogP contribution is -2.15. The molecule has 0 atom stereocenters. The van der Waals surface area contributed by atoms with E-state index in [2.05, 4.69) is 159 Å². The van der Waals surface area contributed by atoms with Gasteiger partial charge in [-0.25, -0.2) is 0 Å². The zero-order chi connectivity index (χ0) is 44.0. The van der Waals surface area contributed by atoms with E-state index in [4.69, 9.17) is 37.9 Å². The molecule has 0 fully saturated rings. The molecule has 4 aromatic carbocycles. The van der Waals surface area contributed by atoms with E-state index in [0.29, 0.717) is 25.7 Å². The van der Waals surface area contributed by atoms with Crippen LogP contribution in [0.25, 0.3) is 0 Å². The Morgan fingerprint density at radius 2 is 0.333 bits per heavy atom. The van der Waals surface area contributed by atoms with Gasteiger partial charge in [-0.3, -0.25) is 0 Å². The Hall–Kier alpha value is -4.72. The van der Waals surface area contributed by atoms with Crippen molar-refractivity contribution in [1.82, 2.24) is 0 Å². The van der Waals surface area contributed by atoms with Crippen LogP contribution >= 0.6 is 0 Å². The molecular formula is C52H72O8. The molecule has 1 aliphatic carbocycles. The molecule has 5 rings (SSSR count). The summed E-state index contributed by atoms with van der Waals surface area (Å²) in [6.07, 6.45) is 1.78. The van der Waals surface area contributed by atoms with Crippen LogP contribution in [0.2, 0.25) is 0 Å². The average molecular weight is 825 g/mol. The lowest BCUT2D eigenvalue weighted by atomic mass is 9.91. The van der Waals surface area contributed by atoms with Crippen molar-refractivity contribution in [3.8, 4) is 46.0 Å². The van der Waals surface area contributed by atoms with Crippen LogP contribution in [-0.4, -0.2) is 48.8 Å². The molecule has 0 N–H and O–H groups in total. The molecule has 0 heterocycles. The van der Waals surface area contributed by atoms with E-state index < -0.39 is 0 Å². The molecule has 0 aliphatic heterocycles. The van der Waals surface area contributed by atoms with Gasteiger partial charge in [0.2, 0.25) is 0 Å². The van der Waals surface area contributed by atoms with E-state index in [1.54, 1.807) is 0 Å². The van der Waals surface area contributed by atoms with Crippen LogP contribution in [0, 0.1) is 0 Å². The van der Waals surface area contributed by atoms with Gasteiger partial charge in [-0.2, -0.15) is 0 Å². The molecule has 0 amide bonds. The maximum Gasteiger partial charge on any atom is 0.126 e. The van der Waals surface area contributed by atoms with E-state index in [1.807, 2.05) is 0 Å².